The zero-order chi connectivity index (χ0) is 17.8. The molecule has 1 atom stereocenters. The predicted molar refractivity (Wildman–Crippen MR) is 97.2 cm³/mol. The number of hydrogen-bond acceptors (Lipinski definition) is 4. The van der Waals surface area contributed by atoms with Crippen LogP contribution in [0.2, 0.25) is 0 Å². The maximum atomic E-state index is 13.0. The summed E-state index contributed by atoms with van der Waals surface area (Å²) < 4.78 is 20.9. The summed E-state index contributed by atoms with van der Waals surface area (Å²) in [5, 5.41) is 9.34. The van der Waals surface area contributed by atoms with Crippen LogP contribution in [-0.2, 0) is 12.8 Å². The van der Waals surface area contributed by atoms with Crippen molar-refractivity contribution in [3.05, 3.63) is 71.3 Å². The van der Waals surface area contributed by atoms with E-state index in [0.29, 0.717) is 5.75 Å². The fourth-order valence-electron chi connectivity index (χ4n) is 2.47. The molecular formula is C19H20FN3OS. The Labute approximate surface area is 151 Å². The molecular weight excluding hydrogens is 337 g/mol. The Hall–Kier alpha value is -2.34. The maximum Gasteiger partial charge on any atom is 0.191 e. The van der Waals surface area contributed by atoms with Gasteiger partial charge in [0.2, 0.25) is 0 Å². The summed E-state index contributed by atoms with van der Waals surface area (Å²) in [6, 6.07) is 14.4. The third kappa shape index (κ3) is 4.20. The Morgan fingerprint density at radius 2 is 1.84 bits per heavy atom. The first-order valence-electron chi connectivity index (χ1n) is 8.03. The van der Waals surface area contributed by atoms with E-state index in [1.807, 2.05) is 49.7 Å². The zero-order valence-corrected chi connectivity index (χ0v) is 15.3. The second-order valence-corrected chi connectivity index (χ2v) is 6.78. The van der Waals surface area contributed by atoms with Gasteiger partial charge in [-0.15, -0.1) is 10.2 Å². The number of aromatic nitrogens is 3. The van der Waals surface area contributed by atoms with Crippen molar-refractivity contribution >= 4 is 11.8 Å². The van der Waals surface area contributed by atoms with Gasteiger partial charge in [-0.3, -0.25) is 0 Å². The third-order valence-corrected chi connectivity index (χ3v) is 5.00. The summed E-state index contributed by atoms with van der Waals surface area (Å²) in [5.41, 5.74) is 2.13. The van der Waals surface area contributed by atoms with Gasteiger partial charge in [0.05, 0.1) is 0 Å². The van der Waals surface area contributed by atoms with Crippen LogP contribution in [0, 0.1) is 12.7 Å². The quantitative estimate of drug-likeness (QED) is 0.600. The average molecular weight is 357 g/mol. The van der Waals surface area contributed by atoms with Gasteiger partial charge in [-0.1, -0.05) is 42.1 Å². The molecule has 0 spiro atoms. The molecule has 0 N–H and O–H groups in total. The molecule has 0 aliphatic carbocycles. The smallest absolute Gasteiger partial charge is 0.191 e. The van der Waals surface area contributed by atoms with Crippen LogP contribution in [0.4, 0.5) is 4.39 Å². The van der Waals surface area contributed by atoms with E-state index in [0.717, 1.165) is 27.9 Å². The molecule has 0 saturated heterocycles. The van der Waals surface area contributed by atoms with Crippen LogP contribution < -0.4 is 4.74 Å². The van der Waals surface area contributed by atoms with E-state index in [2.05, 4.69) is 10.2 Å². The van der Waals surface area contributed by atoms with Gasteiger partial charge in [0.15, 0.2) is 17.1 Å². The minimum Gasteiger partial charge on any atom is -0.482 e. The minimum atomic E-state index is -0.225. The van der Waals surface area contributed by atoms with E-state index in [-0.39, 0.29) is 11.9 Å². The van der Waals surface area contributed by atoms with Crippen molar-refractivity contribution in [3.63, 3.8) is 0 Å². The number of ether oxygens (including phenoxy) is 1. The van der Waals surface area contributed by atoms with Gasteiger partial charge in [-0.25, -0.2) is 4.39 Å². The van der Waals surface area contributed by atoms with Crippen molar-refractivity contribution in [2.45, 2.75) is 30.9 Å². The fraction of sp³-hybridized carbons (Fsp3) is 0.263. The molecule has 3 rings (SSSR count). The van der Waals surface area contributed by atoms with Crippen molar-refractivity contribution in [2.75, 3.05) is 0 Å². The lowest BCUT2D eigenvalue weighted by molar-refractivity contribution is 0.210. The van der Waals surface area contributed by atoms with Crippen LogP contribution in [0.1, 0.15) is 30.0 Å². The zero-order valence-electron chi connectivity index (χ0n) is 14.4. The van der Waals surface area contributed by atoms with Crippen molar-refractivity contribution in [1.29, 1.82) is 0 Å². The molecule has 2 aromatic carbocycles. The molecule has 4 nitrogen and oxygen atoms in total. The first-order chi connectivity index (χ1) is 12.0. The Bertz CT molecular complexity index is 848. The summed E-state index contributed by atoms with van der Waals surface area (Å²) in [6.45, 7) is 3.98. The van der Waals surface area contributed by atoms with E-state index in [4.69, 9.17) is 4.74 Å². The highest BCUT2D eigenvalue weighted by atomic mass is 32.2. The van der Waals surface area contributed by atoms with E-state index in [1.165, 1.54) is 12.1 Å². The highest BCUT2D eigenvalue weighted by molar-refractivity contribution is 7.98. The number of halogens is 1. The lowest BCUT2D eigenvalue weighted by atomic mass is 10.2. The number of para-hydroxylation sites is 1. The molecule has 0 aliphatic heterocycles. The molecule has 1 unspecified atom stereocenters. The third-order valence-electron chi connectivity index (χ3n) is 3.91. The van der Waals surface area contributed by atoms with Crippen molar-refractivity contribution < 1.29 is 9.13 Å². The standard InChI is InChI=1S/C19H20FN3OS/c1-13-6-4-5-7-17(13)24-14(2)18-21-22-19(23(18)3)25-12-15-8-10-16(20)11-9-15/h4-11,14H,12H2,1-3H3. The summed E-state index contributed by atoms with van der Waals surface area (Å²) >= 11 is 1.57. The summed E-state index contributed by atoms with van der Waals surface area (Å²) in [4.78, 5) is 0. The summed E-state index contributed by atoms with van der Waals surface area (Å²) in [6.07, 6.45) is -0.209. The Morgan fingerprint density at radius 3 is 2.56 bits per heavy atom. The van der Waals surface area contributed by atoms with Gasteiger partial charge in [-0.05, 0) is 43.2 Å². The largest absolute Gasteiger partial charge is 0.482 e. The van der Waals surface area contributed by atoms with Crippen LogP contribution >= 0.6 is 11.8 Å². The molecule has 25 heavy (non-hydrogen) atoms. The van der Waals surface area contributed by atoms with Crippen molar-refractivity contribution in [2.24, 2.45) is 7.05 Å². The SMILES string of the molecule is Cc1ccccc1OC(C)c1nnc(SCc2ccc(F)cc2)n1C. The first-order valence-corrected chi connectivity index (χ1v) is 9.02. The molecule has 3 aromatic rings. The van der Waals surface area contributed by atoms with E-state index in [9.17, 15) is 4.39 Å². The number of benzene rings is 2. The van der Waals surface area contributed by atoms with Crippen LogP contribution in [-0.4, -0.2) is 14.8 Å². The molecule has 0 fully saturated rings. The molecule has 0 bridgehead atoms. The lowest BCUT2D eigenvalue weighted by Gasteiger charge is -2.15. The van der Waals surface area contributed by atoms with Crippen LogP contribution in [0.3, 0.4) is 0 Å². The van der Waals surface area contributed by atoms with Gasteiger partial charge in [0, 0.05) is 12.8 Å². The predicted octanol–water partition coefficient (Wildman–Crippen LogP) is 4.69. The summed E-state index contributed by atoms with van der Waals surface area (Å²) in [7, 11) is 1.93. The molecule has 1 heterocycles. The molecule has 1 aromatic heterocycles. The Balaban J connectivity index is 1.67. The van der Waals surface area contributed by atoms with Gasteiger partial charge < -0.3 is 9.30 Å². The normalized spacial score (nSPS) is 12.2. The number of nitrogens with zero attached hydrogens (tertiary/aromatic N) is 3. The number of hydrogen-bond donors (Lipinski definition) is 0. The maximum absolute atomic E-state index is 13.0. The Kier molecular flexibility index (Phi) is 5.38. The molecule has 0 radical (unpaired) electrons. The molecule has 0 aliphatic rings. The van der Waals surface area contributed by atoms with Gasteiger partial charge in [0.25, 0.3) is 0 Å². The Morgan fingerprint density at radius 1 is 1.12 bits per heavy atom. The monoisotopic (exact) mass is 357 g/mol. The lowest BCUT2D eigenvalue weighted by Crippen LogP contribution is -2.10. The van der Waals surface area contributed by atoms with Crippen molar-refractivity contribution in [1.82, 2.24) is 14.8 Å². The topological polar surface area (TPSA) is 39.9 Å². The fourth-order valence-corrected chi connectivity index (χ4v) is 3.34. The minimum absolute atomic E-state index is 0.209. The van der Waals surface area contributed by atoms with Crippen LogP contribution in [0.5, 0.6) is 5.75 Å². The molecule has 0 saturated carbocycles. The van der Waals surface area contributed by atoms with Crippen LogP contribution in [0.25, 0.3) is 0 Å². The van der Waals surface area contributed by atoms with Crippen LogP contribution in [0.15, 0.2) is 53.7 Å². The van der Waals surface area contributed by atoms with Gasteiger partial charge >= 0.3 is 0 Å². The highest BCUT2D eigenvalue weighted by Crippen LogP contribution is 2.27. The van der Waals surface area contributed by atoms with Crippen molar-refractivity contribution in [3.8, 4) is 5.75 Å². The molecule has 6 heteroatoms. The number of rotatable bonds is 6. The van der Waals surface area contributed by atoms with E-state index < -0.39 is 0 Å². The second kappa shape index (κ2) is 7.70. The second-order valence-electron chi connectivity index (χ2n) is 5.84. The van der Waals surface area contributed by atoms with E-state index >= 15 is 0 Å². The van der Waals surface area contributed by atoms with Gasteiger partial charge in [0.1, 0.15) is 11.6 Å². The van der Waals surface area contributed by atoms with Gasteiger partial charge in [-0.2, -0.15) is 0 Å². The van der Waals surface area contributed by atoms with E-state index in [1.54, 1.807) is 23.9 Å². The highest BCUT2D eigenvalue weighted by Gasteiger charge is 2.17. The number of thioether (sulfide) groups is 1. The molecule has 0 amide bonds. The summed E-state index contributed by atoms with van der Waals surface area (Å²) in [5.74, 6) is 2.10. The number of aryl methyl sites for hydroxylation is 1. The average Bonchev–Trinajstić information content (AvgIpc) is 2.97. The molecule has 130 valence electrons. The first kappa shape index (κ1) is 17.5.